The number of furan rings is 1. The average molecular weight is 564 g/mol. The van der Waals surface area contributed by atoms with Gasteiger partial charge in [-0.1, -0.05) is 41.1 Å². The third-order valence-electron chi connectivity index (χ3n) is 6.22. The van der Waals surface area contributed by atoms with Crippen LogP contribution in [-0.2, 0) is 9.53 Å². The predicted molar refractivity (Wildman–Crippen MR) is 147 cm³/mol. The molecule has 4 aromatic rings. The molecule has 1 aliphatic rings. The topological polar surface area (TPSA) is 117 Å². The van der Waals surface area contributed by atoms with Gasteiger partial charge in [0.2, 0.25) is 0 Å². The van der Waals surface area contributed by atoms with Crippen LogP contribution in [0.5, 0.6) is 0 Å². The second-order valence-corrected chi connectivity index (χ2v) is 10.3. The van der Waals surface area contributed by atoms with Gasteiger partial charge in [0.05, 0.1) is 38.9 Å². The Kier molecular flexibility index (Phi) is 7.07. The first-order valence-electron chi connectivity index (χ1n) is 12.0. The molecule has 1 atom stereocenters. The van der Waals surface area contributed by atoms with Crippen molar-refractivity contribution in [3.8, 4) is 11.3 Å². The number of allylic oxidation sites excluding steroid dienone is 1. The highest BCUT2D eigenvalue weighted by atomic mass is 35.5. The number of aryl methyl sites for hydroxylation is 1. The summed E-state index contributed by atoms with van der Waals surface area (Å²) in [7, 11) is 0. The highest BCUT2D eigenvalue weighted by Gasteiger charge is 2.33. The maximum absolute atomic E-state index is 13.7. The van der Waals surface area contributed by atoms with E-state index in [-0.39, 0.29) is 23.4 Å². The van der Waals surface area contributed by atoms with Crippen LogP contribution in [0.25, 0.3) is 17.4 Å². The Balaban J connectivity index is 1.63. The zero-order chi connectivity index (χ0) is 27.8. The normalized spacial score (nSPS) is 15.2. The molecular weight excluding hydrogens is 542 g/mol. The van der Waals surface area contributed by atoms with Gasteiger partial charge in [0.15, 0.2) is 4.80 Å². The van der Waals surface area contributed by atoms with Crippen LogP contribution in [0.4, 0.5) is 5.69 Å². The monoisotopic (exact) mass is 563 g/mol. The molecule has 0 saturated carbocycles. The average Bonchev–Trinajstić information content (AvgIpc) is 3.48. The fraction of sp³-hybridized carbons (Fsp3) is 0.179. The van der Waals surface area contributed by atoms with Crippen molar-refractivity contribution in [2.24, 2.45) is 4.99 Å². The molecule has 3 heterocycles. The van der Waals surface area contributed by atoms with Crippen molar-refractivity contribution in [2.75, 3.05) is 6.61 Å². The van der Waals surface area contributed by atoms with Crippen LogP contribution in [0.3, 0.4) is 0 Å². The molecule has 1 unspecified atom stereocenters. The molecule has 0 amide bonds. The van der Waals surface area contributed by atoms with E-state index in [0.717, 1.165) is 16.9 Å². The minimum atomic E-state index is -0.762. The maximum atomic E-state index is 13.7. The quantitative estimate of drug-likeness (QED) is 0.186. The van der Waals surface area contributed by atoms with E-state index < -0.39 is 16.9 Å². The number of aromatic nitrogens is 1. The minimum Gasteiger partial charge on any atom is -0.463 e. The van der Waals surface area contributed by atoms with Crippen LogP contribution in [0.2, 0.25) is 5.02 Å². The number of rotatable bonds is 6. The first-order valence-corrected chi connectivity index (χ1v) is 13.2. The van der Waals surface area contributed by atoms with Crippen molar-refractivity contribution in [3.05, 3.63) is 118 Å². The van der Waals surface area contributed by atoms with Gasteiger partial charge in [0.1, 0.15) is 11.5 Å². The summed E-state index contributed by atoms with van der Waals surface area (Å²) in [5.74, 6) is 0.0954. The van der Waals surface area contributed by atoms with Crippen LogP contribution in [0.1, 0.15) is 36.8 Å². The number of carbonyl (C=O) groups excluding carboxylic acids is 1. The Bertz CT molecular complexity index is 1830. The molecule has 11 heteroatoms. The smallest absolute Gasteiger partial charge is 0.338 e. The molecule has 0 radical (unpaired) electrons. The number of nitro groups is 1. The van der Waals surface area contributed by atoms with E-state index in [9.17, 15) is 19.7 Å². The van der Waals surface area contributed by atoms with E-state index in [1.54, 1.807) is 75.4 Å². The molecule has 0 fully saturated rings. The number of carbonyl (C=O) groups is 1. The molecule has 5 rings (SSSR count). The number of hydrogen-bond acceptors (Lipinski definition) is 8. The number of esters is 1. The van der Waals surface area contributed by atoms with Gasteiger partial charge < -0.3 is 9.15 Å². The SMILES string of the molecule is CCOC(=O)C1=C(C)N=c2s/c(=C\c3ccc(-c4ccc(C)cc4[N+](=O)[O-])o3)c(=O)n2C1c1ccc(Cl)cc1. The van der Waals surface area contributed by atoms with Crippen LogP contribution in [-0.4, -0.2) is 22.1 Å². The van der Waals surface area contributed by atoms with Crippen molar-refractivity contribution >= 4 is 40.7 Å². The number of hydrogen-bond donors (Lipinski definition) is 0. The standard InChI is InChI=1S/C28H22ClN3O6S/c1-4-37-27(34)24-16(3)30-28-31(25(24)17-6-8-18(29)9-7-17)26(33)23(39-28)14-19-10-12-22(38-19)20-11-5-15(2)13-21(20)32(35)36/h5-14,25H,4H2,1-3H3/b23-14-. The van der Waals surface area contributed by atoms with Gasteiger partial charge in [-0.05, 0) is 62.2 Å². The number of nitrogens with zero attached hydrogens (tertiary/aromatic N) is 3. The Morgan fingerprint density at radius 2 is 1.95 bits per heavy atom. The molecule has 0 N–H and O–H groups in total. The number of ether oxygens (including phenoxy) is 1. The van der Waals surface area contributed by atoms with E-state index in [1.165, 1.54) is 10.6 Å². The Hall–Kier alpha value is -4.28. The van der Waals surface area contributed by atoms with E-state index in [1.807, 2.05) is 0 Å². The summed E-state index contributed by atoms with van der Waals surface area (Å²) in [5, 5.41) is 12.1. The summed E-state index contributed by atoms with van der Waals surface area (Å²) in [6.45, 7) is 5.37. The number of fused-ring (bicyclic) bond motifs is 1. The van der Waals surface area contributed by atoms with Crippen LogP contribution in [0.15, 0.2) is 80.1 Å². The fourth-order valence-electron chi connectivity index (χ4n) is 4.46. The number of benzene rings is 2. The van der Waals surface area contributed by atoms with E-state index in [2.05, 4.69) is 4.99 Å². The van der Waals surface area contributed by atoms with E-state index in [0.29, 0.717) is 42.7 Å². The van der Waals surface area contributed by atoms with Gasteiger partial charge in [-0.3, -0.25) is 19.5 Å². The molecule has 2 aromatic heterocycles. The summed E-state index contributed by atoms with van der Waals surface area (Å²) in [5.41, 5.74) is 2.05. The molecule has 0 aliphatic carbocycles. The first kappa shape index (κ1) is 26.3. The molecule has 0 saturated heterocycles. The Morgan fingerprint density at radius 3 is 2.64 bits per heavy atom. The van der Waals surface area contributed by atoms with Crippen molar-refractivity contribution < 1.29 is 18.9 Å². The maximum Gasteiger partial charge on any atom is 0.338 e. The van der Waals surface area contributed by atoms with Crippen LogP contribution >= 0.6 is 22.9 Å². The lowest BCUT2D eigenvalue weighted by atomic mass is 9.96. The third-order valence-corrected chi connectivity index (χ3v) is 7.45. The van der Waals surface area contributed by atoms with Crippen molar-refractivity contribution in [3.63, 3.8) is 0 Å². The van der Waals surface area contributed by atoms with Gasteiger partial charge in [-0.25, -0.2) is 9.79 Å². The number of thiazole rings is 1. The summed E-state index contributed by atoms with van der Waals surface area (Å²) < 4.78 is 13.0. The fourth-order valence-corrected chi connectivity index (χ4v) is 5.61. The van der Waals surface area contributed by atoms with Gasteiger partial charge in [0.25, 0.3) is 11.2 Å². The Labute approximate surface area is 231 Å². The zero-order valence-electron chi connectivity index (χ0n) is 21.1. The number of halogens is 1. The van der Waals surface area contributed by atoms with Crippen LogP contribution < -0.4 is 14.9 Å². The minimum absolute atomic E-state index is 0.0693. The van der Waals surface area contributed by atoms with Crippen molar-refractivity contribution in [1.29, 1.82) is 0 Å². The zero-order valence-corrected chi connectivity index (χ0v) is 22.7. The summed E-state index contributed by atoms with van der Waals surface area (Å²) in [6, 6.07) is 14.3. The van der Waals surface area contributed by atoms with Gasteiger partial charge in [0, 0.05) is 17.2 Å². The van der Waals surface area contributed by atoms with E-state index >= 15 is 0 Å². The van der Waals surface area contributed by atoms with Gasteiger partial charge in [-0.2, -0.15) is 0 Å². The highest BCUT2D eigenvalue weighted by Crippen LogP contribution is 2.33. The molecule has 198 valence electrons. The molecule has 1 aliphatic heterocycles. The largest absolute Gasteiger partial charge is 0.463 e. The lowest BCUT2D eigenvalue weighted by molar-refractivity contribution is -0.384. The second-order valence-electron chi connectivity index (χ2n) is 8.83. The van der Waals surface area contributed by atoms with Gasteiger partial charge in [-0.15, -0.1) is 0 Å². The summed E-state index contributed by atoms with van der Waals surface area (Å²) in [4.78, 5) is 42.7. The lowest BCUT2D eigenvalue weighted by Gasteiger charge is -2.24. The predicted octanol–water partition coefficient (Wildman–Crippen LogP) is 4.93. The van der Waals surface area contributed by atoms with Crippen molar-refractivity contribution in [2.45, 2.75) is 26.8 Å². The highest BCUT2D eigenvalue weighted by molar-refractivity contribution is 7.07. The molecule has 9 nitrogen and oxygen atoms in total. The molecule has 0 bridgehead atoms. The summed E-state index contributed by atoms with van der Waals surface area (Å²) >= 11 is 7.25. The molecular formula is C28H22ClN3O6S. The molecule has 0 spiro atoms. The second kappa shape index (κ2) is 10.5. The van der Waals surface area contributed by atoms with Gasteiger partial charge >= 0.3 is 5.97 Å². The molecule has 2 aromatic carbocycles. The van der Waals surface area contributed by atoms with Crippen molar-refractivity contribution in [1.82, 2.24) is 4.57 Å². The lowest BCUT2D eigenvalue weighted by Crippen LogP contribution is -2.39. The van der Waals surface area contributed by atoms with Crippen LogP contribution in [0, 0.1) is 17.0 Å². The van der Waals surface area contributed by atoms with E-state index in [4.69, 9.17) is 20.8 Å². The first-order chi connectivity index (χ1) is 18.7. The summed E-state index contributed by atoms with van der Waals surface area (Å²) in [6.07, 6.45) is 1.57. The Morgan fingerprint density at radius 1 is 1.21 bits per heavy atom. The third kappa shape index (κ3) is 4.96. The molecule has 39 heavy (non-hydrogen) atoms. The number of nitro benzene ring substituents is 1.